The van der Waals surface area contributed by atoms with E-state index in [-0.39, 0.29) is 18.2 Å². The van der Waals surface area contributed by atoms with E-state index in [1.165, 1.54) is 25.6 Å². The number of carbonyl (C=O) groups is 1. The SMILES string of the molecule is COc1ccc(CNC(=O)c2cccc(NCc3nnc(-c4ccncn4)n3C)c2)cc1F. The van der Waals surface area contributed by atoms with Gasteiger partial charge in [0.15, 0.2) is 23.2 Å². The van der Waals surface area contributed by atoms with E-state index in [4.69, 9.17) is 4.74 Å². The molecule has 0 saturated carbocycles. The first-order valence-corrected chi connectivity index (χ1v) is 10.1. The van der Waals surface area contributed by atoms with E-state index in [9.17, 15) is 9.18 Å². The van der Waals surface area contributed by atoms with Crippen LogP contribution in [0.25, 0.3) is 11.5 Å². The predicted octanol–water partition coefficient (Wildman–Crippen LogP) is 2.96. The molecule has 9 nitrogen and oxygen atoms in total. The Labute approximate surface area is 189 Å². The molecule has 2 aromatic carbocycles. The number of amides is 1. The molecule has 4 rings (SSSR count). The minimum atomic E-state index is -0.470. The Balaban J connectivity index is 1.37. The number of carbonyl (C=O) groups excluding carboxylic acids is 1. The number of anilines is 1. The van der Waals surface area contributed by atoms with Crippen molar-refractivity contribution in [3.63, 3.8) is 0 Å². The van der Waals surface area contributed by atoms with Crippen molar-refractivity contribution in [1.29, 1.82) is 0 Å². The third kappa shape index (κ3) is 5.12. The maximum atomic E-state index is 13.8. The lowest BCUT2D eigenvalue weighted by Gasteiger charge is -2.10. The van der Waals surface area contributed by atoms with Gasteiger partial charge in [-0.1, -0.05) is 12.1 Å². The van der Waals surface area contributed by atoms with Crippen molar-refractivity contribution >= 4 is 11.6 Å². The van der Waals surface area contributed by atoms with Crippen molar-refractivity contribution in [3.8, 4) is 17.3 Å². The second kappa shape index (κ2) is 9.86. The summed E-state index contributed by atoms with van der Waals surface area (Å²) < 4.78 is 20.6. The molecule has 0 atom stereocenters. The van der Waals surface area contributed by atoms with Gasteiger partial charge in [-0.25, -0.2) is 14.4 Å². The fourth-order valence-electron chi connectivity index (χ4n) is 3.22. The first-order chi connectivity index (χ1) is 16.0. The van der Waals surface area contributed by atoms with E-state index in [1.807, 2.05) is 17.7 Å². The summed E-state index contributed by atoms with van der Waals surface area (Å²) in [7, 11) is 3.27. The van der Waals surface area contributed by atoms with Gasteiger partial charge in [0.05, 0.1) is 13.7 Å². The summed E-state index contributed by atoms with van der Waals surface area (Å²) in [6.07, 6.45) is 3.11. The van der Waals surface area contributed by atoms with Crippen molar-refractivity contribution in [2.24, 2.45) is 7.05 Å². The lowest BCUT2D eigenvalue weighted by atomic mass is 10.1. The molecule has 0 spiro atoms. The molecule has 33 heavy (non-hydrogen) atoms. The molecule has 0 fully saturated rings. The van der Waals surface area contributed by atoms with Crippen molar-refractivity contribution in [3.05, 3.63) is 83.8 Å². The molecule has 0 bridgehead atoms. The molecule has 2 N–H and O–H groups in total. The predicted molar refractivity (Wildman–Crippen MR) is 120 cm³/mol. The molecular formula is C23H22FN7O2. The molecule has 0 radical (unpaired) electrons. The number of halogens is 1. The van der Waals surface area contributed by atoms with Crippen LogP contribution in [0.15, 0.2) is 61.1 Å². The highest BCUT2D eigenvalue weighted by atomic mass is 19.1. The standard InChI is InChI=1S/C23H22FN7O2/c1-31-21(29-30-22(31)19-8-9-25-14-28-19)13-26-17-5-3-4-16(11-17)23(32)27-12-15-6-7-20(33-2)18(24)10-15/h3-11,14,26H,12-13H2,1-2H3,(H,27,32). The van der Waals surface area contributed by atoms with E-state index in [2.05, 4.69) is 30.8 Å². The number of nitrogens with one attached hydrogen (secondary N) is 2. The quantitative estimate of drug-likeness (QED) is 0.428. The number of benzene rings is 2. The van der Waals surface area contributed by atoms with Crippen LogP contribution >= 0.6 is 0 Å². The molecule has 0 saturated heterocycles. The first kappa shape index (κ1) is 21.9. The van der Waals surface area contributed by atoms with Gasteiger partial charge in [-0.3, -0.25) is 4.79 Å². The normalized spacial score (nSPS) is 10.6. The van der Waals surface area contributed by atoms with Crippen LogP contribution in [0.3, 0.4) is 0 Å². The van der Waals surface area contributed by atoms with Gasteiger partial charge in [-0.05, 0) is 42.0 Å². The summed E-state index contributed by atoms with van der Waals surface area (Å²) in [6.45, 7) is 0.604. The molecule has 1 amide bonds. The Kier molecular flexibility index (Phi) is 6.53. The maximum absolute atomic E-state index is 13.8. The smallest absolute Gasteiger partial charge is 0.251 e. The zero-order valence-corrected chi connectivity index (χ0v) is 18.1. The van der Waals surface area contributed by atoms with Crippen LogP contribution < -0.4 is 15.4 Å². The second-order valence-corrected chi connectivity index (χ2v) is 7.18. The van der Waals surface area contributed by atoms with Crippen molar-refractivity contribution < 1.29 is 13.9 Å². The van der Waals surface area contributed by atoms with E-state index < -0.39 is 5.82 Å². The van der Waals surface area contributed by atoms with Crippen LogP contribution in [-0.2, 0) is 20.1 Å². The topological polar surface area (TPSA) is 107 Å². The van der Waals surface area contributed by atoms with Crippen LogP contribution in [0.5, 0.6) is 5.75 Å². The molecule has 168 valence electrons. The monoisotopic (exact) mass is 447 g/mol. The Morgan fingerprint density at radius 2 is 2.00 bits per heavy atom. The van der Waals surface area contributed by atoms with Gasteiger partial charge in [0.1, 0.15) is 12.0 Å². The van der Waals surface area contributed by atoms with Crippen LogP contribution in [0.4, 0.5) is 10.1 Å². The number of hydrogen-bond donors (Lipinski definition) is 2. The van der Waals surface area contributed by atoms with E-state index in [1.54, 1.807) is 36.5 Å². The molecule has 0 aliphatic rings. The highest BCUT2D eigenvalue weighted by molar-refractivity contribution is 5.95. The lowest BCUT2D eigenvalue weighted by molar-refractivity contribution is 0.0951. The molecule has 4 aromatic rings. The number of rotatable bonds is 8. The molecule has 10 heteroatoms. The first-order valence-electron chi connectivity index (χ1n) is 10.1. The number of methoxy groups -OCH3 is 1. The largest absolute Gasteiger partial charge is 0.494 e. The van der Waals surface area contributed by atoms with Gasteiger partial charge < -0.3 is 19.9 Å². The van der Waals surface area contributed by atoms with Gasteiger partial charge >= 0.3 is 0 Å². The Bertz CT molecular complexity index is 1260. The van der Waals surface area contributed by atoms with Crippen LogP contribution in [0, 0.1) is 5.82 Å². The summed E-state index contributed by atoms with van der Waals surface area (Å²) in [5, 5.41) is 14.5. The van der Waals surface area contributed by atoms with Gasteiger partial charge in [0.2, 0.25) is 0 Å². The lowest BCUT2D eigenvalue weighted by Crippen LogP contribution is -2.23. The third-order valence-electron chi connectivity index (χ3n) is 5.02. The van der Waals surface area contributed by atoms with Gasteiger partial charge in [0, 0.05) is 31.0 Å². The zero-order valence-electron chi connectivity index (χ0n) is 18.1. The van der Waals surface area contributed by atoms with E-state index in [0.717, 1.165) is 5.69 Å². The highest BCUT2D eigenvalue weighted by Gasteiger charge is 2.12. The fraction of sp³-hybridized carbons (Fsp3) is 0.174. The average Bonchev–Trinajstić information content (AvgIpc) is 3.22. The van der Waals surface area contributed by atoms with Crippen molar-refractivity contribution in [2.45, 2.75) is 13.1 Å². The third-order valence-corrected chi connectivity index (χ3v) is 5.02. The number of hydrogen-bond acceptors (Lipinski definition) is 7. The zero-order chi connectivity index (χ0) is 23.2. The molecular weight excluding hydrogens is 425 g/mol. The summed E-state index contributed by atoms with van der Waals surface area (Å²) >= 11 is 0. The Morgan fingerprint density at radius 1 is 1.12 bits per heavy atom. The molecule has 0 aliphatic carbocycles. The summed E-state index contributed by atoms with van der Waals surface area (Å²) in [6, 6.07) is 13.4. The molecule has 2 aromatic heterocycles. The van der Waals surface area contributed by atoms with E-state index in [0.29, 0.717) is 35.0 Å². The molecule has 2 heterocycles. The minimum Gasteiger partial charge on any atom is -0.494 e. The van der Waals surface area contributed by atoms with Gasteiger partial charge in [0.25, 0.3) is 5.91 Å². The van der Waals surface area contributed by atoms with E-state index >= 15 is 0 Å². The number of aromatic nitrogens is 5. The van der Waals surface area contributed by atoms with Gasteiger partial charge in [-0.2, -0.15) is 0 Å². The number of nitrogens with zero attached hydrogens (tertiary/aromatic N) is 5. The minimum absolute atomic E-state index is 0.163. The van der Waals surface area contributed by atoms with Crippen LogP contribution in [0.2, 0.25) is 0 Å². The van der Waals surface area contributed by atoms with Crippen molar-refractivity contribution in [1.82, 2.24) is 30.0 Å². The summed E-state index contributed by atoms with van der Waals surface area (Å²) in [5.74, 6) is 0.773. The van der Waals surface area contributed by atoms with Gasteiger partial charge in [-0.15, -0.1) is 10.2 Å². The molecule has 0 unspecified atom stereocenters. The van der Waals surface area contributed by atoms with Crippen LogP contribution in [0.1, 0.15) is 21.7 Å². The summed E-state index contributed by atoms with van der Waals surface area (Å²) in [4.78, 5) is 20.7. The van der Waals surface area contributed by atoms with Crippen LogP contribution in [-0.4, -0.2) is 37.7 Å². The Hall–Kier alpha value is -4.34. The summed E-state index contributed by atoms with van der Waals surface area (Å²) in [5.41, 5.74) is 2.55. The maximum Gasteiger partial charge on any atom is 0.251 e. The Morgan fingerprint density at radius 3 is 2.76 bits per heavy atom. The second-order valence-electron chi connectivity index (χ2n) is 7.18. The number of ether oxygens (including phenoxy) is 1. The fourth-order valence-corrected chi connectivity index (χ4v) is 3.22. The molecule has 0 aliphatic heterocycles. The highest BCUT2D eigenvalue weighted by Crippen LogP contribution is 2.18. The van der Waals surface area contributed by atoms with Crippen molar-refractivity contribution in [2.75, 3.05) is 12.4 Å². The average molecular weight is 447 g/mol.